The monoisotopic (exact) mass is 493 g/mol. The van der Waals surface area contributed by atoms with Crippen LogP contribution in [0.15, 0.2) is 65.7 Å². The Hall–Kier alpha value is -2.94. The molecule has 0 unspecified atom stereocenters. The summed E-state index contributed by atoms with van der Waals surface area (Å²) in [6, 6.07) is 18.0. The smallest absolute Gasteiger partial charge is 0.266 e. The standard InChI is InChI=1S/C26H27N3O3S2/c1-32-15-7-13-27-24(30)18-28-17-20(21-10-5-6-11-22(21)28)16-23-25(31)29(26(33)34-23)14-12-19-8-3-2-4-9-19/h2-6,8-11,16-17H,7,12-15,18H2,1H3,(H,27,30)/b23-16-. The number of fused-ring (bicyclic) bond motifs is 1. The lowest BCUT2D eigenvalue weighted by Crippen LogP contribution is -2.30. The first-order valence-corrected chi connectivity index (χ1v) is 12.4. The van der Waals surface area contributed by atoms with Crippen molar-refractivity contribution >= 4 is 57.1 Å². The highest BCUT2D eigenvalue weighted by Crippen LogP contribution is 2.34. The Bertz CT molecular complexity index is 1220. The van der Waals surface area contributed by atoms with E-state index in [2.05, 4.69) is 17.4 Å². The minimum absolute atomic E-state index is 0.0596. The fourth-order valence-electron chi connectivity index (χ4n) is 3.90. The highest BCUT2D eigenvalue weighted by molar-refractivity contribution is 8.26. The number of nitrogens with zero attached hydrogens (tertiary/aromatic N) is 2. The number of carbonyl (C=O) groups is 2. The van der Waals surface area contributed by atoms with Crippen LogP contribution in [0.1, 0.15) is 17.5 Å². The number of nitrogens with one attached hydrogen (secondary N) is 1. The Labute approximate surface area is 209 Å². The Morgan fingerprint density at radius 1 is 1.15 bits per heavy atom. The fourth-order valence-corrected chi connectivity index (χ4v) is 5.19. The molecule has 0 spiro atoms. The Kier molecular flexibility index (Phi) is 8.16. The lowest BCUT2D eigenvalue weighted by Gasteiger charge is -2.14. The third kappa shape index (κ3) is 5.75. The first-order chi connectivity index (χ1) is 16.6. The van der Waals surface area contributed by atoms with Crippen LogP contribution >= 0.6 is 24.0 Å². The summed E-state index contributed by atoms with van der Waals surface area (Å²) < 4.78 is 7.52. The van der Waals surface area contributed by atoms with Gasteiger partial charge in [0.15, 0.2) is 0 Å². The zero-order valence-electron chi connectivity index (χ0n) is 19.0. The lowest BCUT2D eigenvalue weighted by molar-refractivity contribution is -0.122. The predicted molar refractivity (Wildman–Crippen MR) is 141 cm³/mol. The summed E-state index contributed by atoms with van der Waals surface area (Å²) in [6.45, 7) is 1.95. The first-order valence-electron chi connectivity index (χ1n) is 11.2. The summed E-state index contributed by atoms with van der Waals surface area (Å²) in [4.78, 5) is 27.8. The van der Waals surface area contributed by atoms with Gasteiger partial charge in [-0.2, -0.15) is 0 Å². The van der Waals surface area contributed by atoms with Crippen LogP contribution in [0.25, 0.3) is 17.0 Å². The van der Waals surface area contributed by atoms with E-state index >= 15 is 0 Å². The van der Waals surface area contributed by atoms with Crippen LogP contribution in [0.4, 0.5) is 0 Å². The summed E-state index contributed by atoms with van der Waals surface area (Å²) in [6.07, 6.45) is 5.33. The summed E-state index contributed by atoms with van der Waals surface area (Å²) in [5.41, 5.74) is 3.01. The molecule has 0 bridgehead atoms. The van der Waals surface area contributed by atoms with Gasteiger partial charge in [0.1, 0.15) is 10.9 Å². The van der Waals surface area contributed by atoms with Crippen LogP contribution < -0.4 is 5.32 Å². The number of ether oxygens (including phenoxy) is 1. The number of thiocarbonyl (C=S) groups is 1. The highest BCUT2D eigenvalue weighted by Gasteiger charge is 2.31. The highest BCUT2D eigenvalue weighted by atomic mass is 32.2. The Morgan fingerprint density at radius 2 is 1.91 bits per heavy atom. The molecule has 2 heterocycles. The molecular weight excluding hydrogens is 466 g/mol. The first kappa shape index (κ1) is 24.2. The summed E-state index contributed by atoms with van der Waals surface area (Å²) >= 11 is 6.83. The molecule has 1 N–H and O–H groups in total. The summed E-state index contributed by atoms with van der Waals surface area (Å²) in [5, 5.41) is 3.91. The van der Waals surface area contributed by atoms with E-state index in [1.807, 2.05) is 59.3 Å². The molecule has 0 radical (unpaired) electrons. The van der Waals surface area contributed by atoms with Gasteiger partial charge in [-0.25, -0.2) is 0 Å². The van der Waals surface area contributed by atoms with E-state index in [0.717, 1.165) is 29.3 Å². The van der Waals surface area contributed by atoms with Gasteiger partial charge in [-0.3, -0.25) is 14.5 Å². The fraction of sp³-hybridized carbons (Fsp3) is 0.269. The number of hydrogen-bond donors (Lipinski definition) is 1. The van der Waals surface area contributed by atoms with E-state index in [9.17, 15) is 9.59 Å². The molecule has 3 aromatic rings. The van der Waals surface area contributed by atoms with Gasteiger partial charge in [0.25, 0.3) is 5.91 Å². The topological polar surface area (TPSA) is 63.6 Å². The predicted octanol–water partition coefficient (Wildman–Crippen LogP) is 4.24. The van der Waals surface area contributed by atoms with Crippen molar-refractivity contribution in [1.82, 2.24) is 14.8 Å². The number of para-hydroxylation sites is 1. The molecule has 1 aliphatic rings. The van der Waals surface area contributed by atoms with Crippen LogP contribution in [0.2, 0.25) is 0 Å². The van der Waals surface area contributed by atoms with Gasteiger partial charge in [0.2, 0.25) is 5.91 Å². The van der Waals surface area contributed by atoms with E-state index in [4.69, 9.17) is 17.0 Å². The van der Waals surface area contributed by atoms with Crippen LogP contribution in [-0.4, -0.2) is 52.4 Å². The van der Waals surface area contributed by atoms with E-state index in [1.165, 1.54) is 17.3 Å². The van der Waals surface area contributed by atoms with Crippen molar-refractivity contribution in [3.63, 3.8) is 0 Å². The van der Waals surface area contributed by atoms with Gasteiger partial charge < -0.3 is 14.6 Å². The van der Waals surface area contributed by atoms with Crippen molar-refractivity contribution in [3.8, 4) is 0 Å². The van der Waals surface area contributed by atoms with Crippen LogP contribution in [-0.2, 0) is 27.3 Å². The zero-order chi connectivity index (χ0) is 23.9. The van der Waals surface area contributed by atoms with E-state index in [0.29, 0.717) is 28.9 Å². The molecule has 2 amide bonds. The number of thioether (sulfide) groups is 1. The SMILES string of the molecule is COCCCNC(=O)Cn1cc(/C=C2\SC(=S)N(CCc3ccccc3)C2=O)c2ccccc21. The molecule has 176 valence electrons. The van der Waals surface area contributed by atoms with Crippen molar-refractivity contribution in [1.29, 1.82) is 0 Å². The third-order valence-electron chi connectivity index (χ3n) is 5.61. The number of carbonyl (C=O) groups excluding carboxylic acids is 2. The molecule has 6 nitrogen and oxygen atoms in total. The molecule has 1 fully saturated rings. The average Bonchev–Trinajstić information content (AvgIpc) is 3.32. The minimum atomic E-state index is -0.0707. The second kappa shape index (κ2) is 11.5. The van der Waals surface area contributed by atoms with Gasteiger partial charge in [-0.05, 0) is 30.5 Å². The maximum Gasteiger partial charge on any atom is 0.266 e. The second-order valence-corrected chi connectivity index (χ2v) is 9.67. The van der Waals surface area contributed by atoms with Crippen LogP contribution in [0.5, 0.6) is 0 Å². The molecule has 1 aromatic heterocycles. The van der Waals surface area contributed by atoms with Crippen molar-refractivity contribution in [2.45, 2.75) is 19.4 Å². The molecular formula is C26H27N3O3S2. The molecule has 0 aliphatic carbocycles. The van der Waals surface area contributed by atoms with E-state index < -0.39 is 0 Å². The molecule has 1 aliphatic heterocycles. The third-order valence-corrected chi connectivity index (χ3v) is 6.99. The molecule has 2 aromatic carbocycles. The minimum Gasteiger partial charge on any atom is -0.385 e. The Balaban J connectivity index is 1.50. The molecule has 8 heteroatoms. The normalized spacial score (nSPS) is 15.0. The van der Waals surface area contributed by atoms with Gasteiger partial charge in [0.05, 0.1) is 4.91 Å². The molecule has 0 atom stereocenters. The van der Waals surface area contributed by atoms with Gasteiger partial charge >= 0.3 is 0 Å². The Morgan fingerprint density at radius 3 is 2.71 bits per heavy atom. The molecule has 34 heavy (non-hydrogen) atoms. The number of methoxy groups -OCH3 is 1. The maximum atomic E-state index is 13.1. The molecule has 1 saturated heterocycles. The summed E-state index contributed by atoms with van der Waals surface area (Å²) in [7, 11) is 1.65. The van der Waals surface area contributed by atoms with Crippen molar-refractivity contribution in [2.24, 2.45) is 0 Å². The number of hydrogen-bond acceptors (Lipinski definition) is 5. The summed E-state index contributed by atoms with van der Waals surface area (Å²) in [5.74, 6) is -0.130. The quantitative estimate of drug-likeness (QED) is 0.260. The van der Waals surface area contributed by atoms with E-state index in [1.54, 1.807) is 12.0 Å². The van der Waals surface area contributed by atoms with Gasteiger partial charge in [0, 0.05) is 49.5 Å². The second-order valence-electron chi connectivity index (χ2n) is 7.99. The molecule has 4 rings (SSSR count). The zero-order valence-corrected chi connectivity index (χ0v) is 20.7. The van der Waals surface area contributed by atoms with Crippen molar-refractivity contribution in [2.75, 3.05) is 26.8 Å². The number of benzene rings is 2. The maximum absolute atomic E-state index is 13.1. The average molecular weight is 494 g/mol. The lowest BCUT2D eigenvalue weighted by atomic mass is 10.1. The van der Waals surface area contributed by atoms with Gasteiger partial charge in [-0.15, -0.1) is 0 Å². The van der Waals surface area contributed by atoms with Crippen LogP contribution in [0, 0.1) is 0 Å². The number of rotatable bonds is 10. The van der Waals surface area contributed by atoms with E-state index in [-0.39, 0.29) is 18.4 Å². The largest absolute Gasteiger partial charge is 0.385 e. The van der Waals surface area contributed by atoms with Gasteiger partial charge in [-0.1, -0.05) is 72.5 Å². The van der Waals surface area contributed by atoms with Crippen molar-refractivity contribution in [3.05, 3.63) is 76.8 Å². The number of amides is 2. The molecule has 0 saturated carbocycles. The van der Waals surface area contributed by atoms with Crippen molar-refractivity contribution < 1.29 is 14.3 Å². The van der Waals surface area contributed by atoms with Crippen LogP contribution in [0.3, 0.4) is 0 Å². The number of aromatic nitrogens is 1.